The number of hydrogen-bond acceptors (Lipinski definition) is 5. The van der Waals surface area contributed by atoms with E-state index in [4.69, 9.17) is 4.98 Å². The molecule has 0 unspecified atom stereocenters. The Morgan fingerprint density at radius 1 is 0.966 bits per heavy atom. The van der Waals surface area contributed by atoms with Crippen LogP contribution in [0.3, 0.4) is 0 Å². The van der Waals surface area contributed by atoms with E-state index in [-0.39, 0.29) is 5.82 Å². The first-order valence-electron chi connectivity index (χ1n) is 10.1. The molecule has 0 spiro atoms. The minimum Gasteiger partial charge on any atom is -0.368 e. The first-order valence-corrected chi connectivity index (χ1v) is 10.1. The molecule has 150 valence electrons. The topological polar surface area (TPSA) is 35.5 Å². The maximum absolute atomic E-state index is 13.2. The molecule has 0 aliphatic carbocycles. The lowest BCUT2D eigenvalue weighted by Gasteiger charge is -2.37. The highest BCUT2D eigenvalue weighted by Crippen LogP contribution is 2.25. The van der Waals surface area contributed by atoms with Crippen LogP contribution in [0.2, 0.25) is 0 Å². The van der Waals surface area contributed by atoms with Gasteiger partial charge in [0.1, 0.15) is 11.6 Å². The SMILES string of the molecule is CCN(c1cccc(C)c1)c1nccc(N2CCN(c3ccc(F)cc3)CC2)n1. The standard InChI is InChI=1S/C23H26FN5/c1-3-29(21-6-4-5-18(2)17-21)23-25-12-11-22(26-23)28-15-13-27(14-16-28)20-9-7-19(24)8-10-20/h4-12,17H,3,13-16H2,1-2H3. The molecule has 0 amide bonds. The summed E-state index contributed by atoms with van der Waals surface area (Å²) in [6, 6.07) is 17.1. The van der Waals surface area contributed by atoms with Crippen LogP contribution in [0.15, 0.2) is 60.8 Å². The van der Waals surface area contributed by atoms with Crippen LogP contribution in [-0.4, -0.2) is 42.7 Å². The summed E-state index contributed by atoms with van der Waals surface area (Å²) in [6.45, 7) is 8.48. The predicted octanol–water partition coefficient (Wildman–Crippen LogP) is 4.41. The summed E-state index contributed by atoms with van der Waals surface area (Å²) >= 11 is 0. The van der Waals surface area contributed by atoms with Gasteiger partial charge in [-0.25, -0.2) is 9.37 Å². The van der Waals surface area contributed by atoms with E-state index < -0.39 is 0 Å². The molecule has 0 atom stereocenters. The second-order valence-electron chi connectivity index (χ2n) is 7.25. The van der Waals surface area contributed by atoms with Crippen LogP contribution in [0.1, 0.15) is 12.5 Å². The molecule has 0 N–H and O–H groups in total. The minimum absolute atomic E-state index is 0.199. The molecule has 5 nitrogen and oxygen atoms in total. The summed E-state index contributed by atoms with van der Waals surface area (Å²) in [5.74, 6) is 1.46. The molecule has 2 aromatic carbocycles. The van der Waals surface area contributed by atoms with E-state index in [0.29, 0.717) is 0 Å². The molecule has 0 saturated carbocycles. The molecule has 1 aliphatic heterocycles. The first kappa shape index (κ1) is 19.2. The summed E-state index contributed by atoms with van der Waals surface area (Å²) in [5, 5.41) is 0. The summed E-state index contributed by atoms with van der Waals surface area (Å²) < 4.78 is 13.2. The smallest absolute Gasteiger partial charge is 0.231 e. The average molecular weight is 391 g/mol. The van der Waals surface area contributed by atoms with Crippen LogP contribution in [-0.2, 0) is 0 Å². The van der Waals surface area contributed by atoms with E-state index in [0.717, 1.165) is 55.9 Å². The average Bonchev–Trinajstić information content (AvgIpc) is 2.75. The molecule has 0 bridgehead atoms. The van der Waals surface area contributed by atoms with Crippen LogP contribution < -0.4 is 14.7 Å². The number of anilines is 4. The van der Waals surface area contributed by atoms with Gasteiger partial charge in [-0.1, -0.05) is 12.1 Å². The Morgan fingerprint density at radius 3 is 2.38 bits per heavy atom. The Bertz CT molecular complexity index is 951. The van der Waals surface area contributed by atoms with Gasteiger partial charge in [0.05, 0.1) is 0 Å². The molecular weight excluding hydrogens is 365 g/mol. The van der Waals surface area contributed by atoms with Crippen molar-refractivity contribution in [3.05, 3.63) is 72.2 Å². The zero-order valence-electron chi connectivity index (χ0n) is 16.9. The van der Waals surface area contributed by atoms with Gasteiger partial charge in [0.15, 0.2) is 0 Å². The fourth-order valence-electron chi connectivity index (χ4n) is 3.73. The third-order valence-electron chi connectivity index (χ3n) is 5.29. The van der Waals surface area contributed by atoms with Gasteiger partial charge in [-0.15, -0.1) is 0 Å². The van der Waals surface area contributed by atoms with Gasteiger partial charge in [-0.3, -0.25) is 0 Å². The van der Waals surface area contributed by atoms with E-state index in [1.54, 1.807) is 0 Å². The second kappa shape index (κ2) is 8.47. The normalized spacial score (nSPS) is 14.2. The highest BCUT2D eigenvalue weighted by molar-refractivity contribution is 5.59. The van der Waals surface area contributed by atoms with Gasteiger partial charge < -0.3 is 14.7 Å². The Labute approximate surface area is 171 Å². The van der Waals surface area contributed by atoms with Gasteiger partial charge in [-0.2, -0.15) is 4.98 Å². The fourth-order valence-corrected chi connectivity index (χ4v) is 3.73. The third-order valence-corrected chi connectivity index (χ3v) is 5.29. The van der Waals surface area contributed by atoms with Crippen molar-refractivity contribution in [2.45, 2.75) is 13.8 Å². The number of aryl methyl sites for hydroxylation is 1. The second-order valence-corrected chi connectivity index (χ2v) is 7.25. The molecule has 29 heavy (non-hydrogen) atoms. The fraction of sp³-hybridized carbons (Fsp3) is 0.304. The monoisotopic (exact) mass is 391 g/mol. The van der Waals surface area contributed by atoms with Gasteiger partial charge in [-0.05, 0) is 61.9 Å². The summed E-state index contributed by atoms with van der Waals surface area (Å²) in [5.41, 5.74) is 3.38. The van der Waals surface area contributed by atoms with Gasteiger partial charge in [0, 0.05) is 50.3 Å². The van der Waals surface area contributed by atoms with Crippen molar-refractivity contribution < 1.29 is 4.39 Å². The van der Waals surface area contributed by atoms with Crippen LogP contribution >= 0.6 is 0 Å². The Kier molecular flexibility index (Phi) is 5.60. The van der Waals surface area contributed by atoms with Crippen molar-refractivity contribution in [1.82, 2.24) is 9.97 Å². The Balaban J connectivity index is 1.48. The van der Waals surface area contributed by atoms with Gasteiger partial charge in [0.25, 0.3) is 0 Å². The number of hydrogen-bond donors (Lipinski definition) is 0. The Hall–Kier alpha value is -3.15. The summed E-state index contributed by atoms with van der Waals surface area (Å²) in [6.07, 6.45) is 1.84. The van der Waals surface area contributed by atoms with E-state index in [2.05, 4.69) is 57.8 Å². The molecule has 3 aromatic rings. The molecule has 4 rings (SSSR count). The van der Waals surface area contributed by atoms with Crippen molar-refractivity contribution in [3.8, 4) is 0 Å². The number of benzene rings is 2. The van der Waals surface area contributed by atoms with E-state index in [1.165, 1.54) is 17.7 Å². The van der Waals surface area contributed by atoms with E-state index >= 15 is 0 Å². The molecule has 6 heteroatoms. The zero-order chi connectivity index (χ0) is 20.2. The lowest BCUT2D eigenvalue weighted by molar-refractivity contribution is 0.624. The maximum atomic E-state index is 13.2. The van der Waals surface area contributed by atoms with Crippen molar-refractivity contribution in [1.29, 1.82) is 0 Å². The van der Waals surface area contributed by atoms with Crippen molar-refractivity contribution in [3.63, 3.8) is 0 Å². The number of halogens is 1. The predicted molar refractivity (Wildman–Crippen MR) is 117 cm³/mol. The third kappa shape index (κ3) is 4.31. The lowest BCUT2D eigenvalue weighted by Crippen LogP contribution is -2.46. The quantitative estimate of drug-likeness (QED) is 0.644. The summed E-state index contributed by atoms with van der Waals surface area (Å²) in [7, 11) is 0. The van der Waals surface area contributed by atoms with Crippen LogP contribution in [0, 0.1) is 12.7 Å². The highest BCUT2D eigenvalue weighted by Gasteiger charge is 2.20. The molecule has 1 fully saturated rings. The summed E-state index contributed by atoms with van der Waals surface area (Å²) in [4.78, 5) is 16.1. The molecule has 0 radical (unpaired) electrons. The highest BCUT2D eigenvalue weighted by atomic mass is 19.1. The van der Waals surface area contributed by atoms with Crippen LogP contribution in [0.4, 0.5) is 27.5 Å². The number of aromatic nitrogens is 2. The Morgan fingerprint density at radius 2 is 1.69 bits per heavy atom. The van der Waals surface area contributed by atoms with Gasteiger partial charge >= 0.3 is 0 Å². The molecular formula is C23H26FN5. The van der Waals surface area contributed by atoms with Crippen LogP contribution in [0.25, 0.3) is 0 Å². The molecule has 2 heterocycles. The van der Waals surface area contributed by atoms with Crippen molar-refractivity contribution in [2.75, 3.05) is 47.4 Å². The lowest BCUT2D eigenvalue weighted by atomic mass is 10.2. The molecule has 1 aromatic heterocycles. The minimum atomic E-state index is -0.199. The van der Waals surface area contributed by atoms with Gasteiger partial charge in [0.2, 0.25) is 5.95 Å². The van der Waals surface area contributed by atoms with Crippen molar-refractivity contribution >= 4 is 23.1 Å². The first-order chi connectivity index (χ1) is 14.1. The zero-order valence-corrected chi connectivity index (χ0v) is 16.9. The number of piperazine rings is 1. The van der Waals surface area contributed by atoms with Crippen molar-refractivity contribution in [2.24, 2.45) is 0 Å². The molecule has 1 saturated heterocycles. The van der Waals surface area contributed by atoms with Crippen LogP contribution in [0.5, 0.6) is 0 Å². The van der Waals surface area contributed by atoms with E-state index in [9.17, 15) is 4.39 Å². The number of nitrogens with zero attached hydrogens (tertiary/aromatic N) is 5. The largest absolute Gasteiger partial charge is 0.368 e. The van der Waals surface area contributed by atoms with E-state index in [1.807, 2.05) is 24.4 Å². The number of rotatable bonds is 5. The molecule has 1 aliphatic rings. The maximum Gasteiger partial charge on any atom is 0.231 e.